The molecule has 18 heavy (non-hydrogen) atoms. The van der Waals surface area contributed by atoms with Crippen molar-refractivity contribution in [2.24, 2.45) is 5.41 Å². The number of likely N-dealkylation sites (tertiary alicyclic amines) is 1. The third kappa shape index (κ3) is 3.33. The van der Waals surface area contributed by atoms with Crippen molar-refractivity contribution in [3.63, 3.8) is 0 Å². The van der Waals surface area contributed by atoms with Crippen LogP contribution in [0.4, 0.5) is 0 Å². The van der Waals surface area contributed by atoms with Crippen molar-refractivity contribution in [1.29, 1.82) is 0 Å². The smallest absolute Gasteiger partial charge is 0.0916 e. The van der Waals surface area contributed by atoms with E-state index in [4.69, 9.17) is 0 Å². The van der Waals surface area contributed by atoms with Crippen LogP contribution in [0.15, 0.2) is 30.3 Å². The van der Waals surface area contributed by atoms with Gasteiger partial charge in [0.15, 0.2) is 0 Å². The number of aliphatic hydroxyl groups excluding tert-OH is 1. The largest absolute Gasteiger partial charge is 0.387 e. The molecule has 1 fully saturated rings. The van der Waals surface area contributed by atoms with Gasteiger partial charge in [-0.15, -0.1) is 0 Å². The van der Waals surface area contributed by atoms with Gasteiger partial charge in [-0.3, -0.25) is 0 Å². The van der Waals surface area contributed by atoms with Crippen molar-refractivity contribution in [2.75, 3.05) is 19.6 Å². The summed E-state index contributed by atoms with van der Waals surface area (Å²) in [7, 11) is 0. The van der Waals surface area contributed by atoms with Crippen LogP contribution in [0.2, 0.25) is 0 Å². The van der Waals surface area contributed by atoms with Crippen molar-refractivity contribution in [1.82, 2.24) is 4.90 Å². The number of nitrogens with zero attached hydrogens (tertiary/aromatic N) is 1. The van der Waals surface area contributed by atoms with Gasteiger partial charge in [-0.05, 0) is 36.9 Å². The maximum absolute atomic E-state index is 10.2. The van der Waals surface area contributed by atoms with Crippen LogP contribution in [-0.2, 0) is 0 Å². The van der Waals surface area contributed by atoms with E-state index >= 15 is 0 Å². The van der Waals surface area contributed by atoms with Crippen LogP contribution in [0.5, 0.6) is 0 Å². The number of rotatable bonds is 4. The normalized spacial score (nSPS) is 21.7. The van der Waals surface area contributed by atoms with Crippen molar-refractivity contribution in [3.8, 4) is 0 Å². The predicted molar refractivity (Wildman–Crippen MR) is 75.5 cm³/mol. The van der Waals surface area contributed by atoms with Crippen LogP contribution in [-0.4, -0.2) is 29.6 Å². The molecule has 1 atom stereocenters. The second-order valence-electron chi connectivity index (χ2n) is 5.89. The summed E-state index contributed by atoms with van der Waals surface area (Å²) < 4.78 is 0. The summed E-state index contributed by atoms with van der Waals surface area (Å²) in [5, 5.41) is 10.2. The first kappa shape index (κ1) is 13.6. The Hall–Kier alpha value is -0.860. The van der Waals surface area contributed by atoms with E-state index in [0.29, 0.717) is 5.41 Å². The van der Waals surface area contributed by atoms with E-state index in [1.807, 2.05) is 30.3 Å². The Labute approximate surface area is 111 Å². The zero-order valence-corrected chi connectivity index (χ0v) is 11.6. The summed E-state index contributed by atoms with van der Waals surface area (Å²) in [5.41, 5.74) is 1.55. The molecule has 0 amide bonds. The minimum atomic E-state index is -0.350. The second-order valence-corrected chi connectivity index (χ2v) is 5.89. The van der Waals surface area contributed by atoms with Gasteiger partial charge in [0, 0.05) is 6.54 Å². The molecule has 0 saturated carbocycles. The highest BCUT2D eigenvalue weighted by atomic mass is 16.3. The molecule has 1 aromatic rings. The summed E-state index contributed by atoms with van der Waals surface area (Å²) in [6.45, 7) is 7.68. The standard InChI is InChI=1S/C16H25NO/c1-3-16(2)9-11-17(12-10-16)13-15(18)14-7-5-4-6-8-14/h4-8,15,18H,3,9-13H2,1-2H3. The van der Waals surface area contributed by atoms with Crippen molar-refractivity contribution in [3.05, 3.63) is 35.9 Å². The van der Waals surface area contributed by atoms with Crippen LogP contribution in [0.25, 0.3) is 0 Å². The van der Waals surface area contributed by atoms with Crippen molar-refractivity contribution < 1.29 is 5.11 Å². The molecule has 1 aliphatic heterocycles. The molecule has 0 aromatic heterocycles. The number of benzene rings is 1. The van der Waals surface area contributed by atoms with Gasteiger partial charge in [0.25, 0.3) is 0 Å². The molecule has 0 radical (unpaired) electrons. The third-order valence-electron chi connectivity index (χ3n) is 4.53. The van der Waals surface area contributed by atoms with Gasteiger partial charge < -0.3 is 10.0 Å². The van der Waals surface area contributed by atoms with E-state index in [2.05, 4.69) is 18.7 Å². The topological polar surface area (TPSA) is 23.5 Å². The fraction of sp³-hybridized carbons (Fsp3) is 0.625. The zero-order valence-electron chi connectivity index (χ0n) is 11.6. The molecule has 0 spiro atoms. The summed E-state index contributed by atoms with van der Waals surface area (Å²) in [6.07, 6.45) is 3.43. The Kier molecular flexibility index (Phi) is 4.41. The fourth-order valence-corrected chi connectivity index (χ4v) is 2.65. The summed E-state index contributed by atoms with van der Waals surface area (Å²) in [6, 6.07) is 9.98. The first-order valence-electron chi connectivity index (χ1n) is 7.08. The predicted octanol–water partition coefficient (Wildman–Crippen LogP) is 3.23. The Bertz CT molecular complexity index is 355. The number of piperidine rings is 1. The maximum Gasteiger partial charge on any atom is 0.0916 e. The number of β-amino-alcohol motifs (C(OH)–C–C–N with tert-alkyl or cyclic N) is 1. The highest BCUT2D eigenvalue weighted by molar-refractivity contribution is 5.17. The van der Waals surface area contributed by atoms with Crippen LogP contribution >= 0.6 is 0 Å². The van der Waals surface area contributed by atoms with Crippen LogP contribution in [0, 0.1) is 5.41 Å². The Balaban J connectivity index is 1.85. The average Bonchev–Trinajstić information content (AvgIpc) is 2.42. The summed E-state index contributed by atoms with van der Waals surface area (Å²) in [5.74, 6) is 0. The number of aliphatic hydroxyl groups is 1. The molecule has 1 N–H and O–H groups in total. The summed E-state index contributed by atoms with van der Waals surface area (Å²) >= 11 is 0. The van der Waals surface area contributed by atoms with Gasteiger partial charge in [-0.2, -0.15) is 0 Å². The third-order valence-corrected chi connectivity index (χ3v) is 4.53. The van der Waals surface area contributed by atoms with E-state index in [1.165, 1.54) is 19.3 Å². The fourth-order valence-electron chi connectivity index (χ4n) is 2.65. The molecule has 1 unspecified atom stereocenters. The van der Waals surface area contributed by atoms with Gasteiger partial charge in [0.05, 0.1) is 6.10 Å². The Morgan fingerprint density at radius 1 is 1.22 bits per heavy atom. The summed E-state index contributed by atoms with van der Waals surface area (Å²) in [4.78, 5) is 2.40. The van der Waals surface area contributed by atoms with Gasteiger partial charge in [-0.1, -0.05) is 50.6 Å². The van der Waals surface area contributed by atoms with Crippen LogP contribution in [0.3, 0.4) is 0 Å². The van der Waals surface area contributed by atoms with Gasteiger partial charge >= 0.3 is 0 Å². The highest BCUT2D eigenvalue weighted by Crippen LogP contribution is 2.34. The number of hydrogen-bond acceptors (Lipinski definition) is 2. The van der Waals surface area contributed by atoms with Gasteiger partial charge in [0.1, 0.15) is 0 Å². The SMILES string of the molecule is CCC1(C)CCN(CC(O)c2ccccc2)CC1. The molecule has 0 bridgehead atoms. The van der Waals surface area contributed by atoms with E-state index < -0.39 is 0 Å². The number of hydrogen-bond donors (Lipinski definition) is 1. The van der Waals surface area contributed by atoms with E-state index in [0.717, 1.165) is 25.2 Å². The molecule has 2 heteroatoms. The molecule has 2 nitrogen and oxygen atoms in total. The maximum atomic E-state index is 10.2. The van der Waals surface area contributed by atoms with Gasteiger partial charge in [0.2, 0.25) is 0 Å². The minimum absolute atomic E-state index is 0.350. The van der Waals surface area contributed by atoms with Crippen LogP contribution in [0.1, 0.15) is 44.8 Å². The molecule has 1 saturated heterocycles. The van der Waals surface area contributed by atoms with Gasteiger partial charge in [-0.25, -0.2) is 0 Å². The monoisotopic (exact) mass is 247 g/mol. The average molecular weight is 247 g/mol. The molecule has 1 heterocycles. The molecule has 1 aromatic carbocycles. The van der Waals surface area contributed by atoms with E-state index in [9.17, 15) is 5.11 Å². The Morgan fingerprint density at radius 2 is 1.83 bits per heavy atom. The second kappa shape index (κ2) is 5.85. The molecule has 0 aliphatic carbocycles. The van der Waals surface area contributed by atoms with E-state index in [-0.39, 0.29) is 6.10 Å². The molecule has 100 valence electrons. The molecular weight excluding hydrogens is 222 g/mol. The first-order chi connectivity index (χ1) is 8.63. The molecule has 2 rings (SSSR count). The first-order valence-corrected chi connectivity index (χ1v) is 7.08. The minimum Gasteiger partial charge on any atom is -0.387 e. The quantitative estimate of drug-likeness (QED) is 0.883. The van der Waals surface area contributed by atoms with Crippen LogP contribution < -0.4 is 0 Å². The zero-order chi connectivity index (χ0) is 13.0. The Morgan fingerprint density at radius 3 is 2.39 bits per heavy atom. The molecule has 1 aliphatic rings. The van der Waals surface area contributed by atoms with Crippen molar-refractivity contribution in [2.45, 2.75) is 39.2 Å². The lowest BCUT2D eigenvalue weighted by molar-refractivity contribution is 0.0626. The van der Waals surface area contributed by atoms with Crippen molar-refractivity contribution >= 4 is 0 Å². The highest BCUT2D eigenvalue weighted by Gasteiger charge is 2.28. The lowest BCUT2D eigenvalue weighted by atomic mass is 9.78. The lowest BCUT2D eigenvalue weighted by Crippen LogP contribution is -2.40. The van der Waals surface area contributed by atoms with E-state index in [1.54, 1.807) is 0 Å². The molecular formula is C16H25NO. The lowest BCUT2D eigenvalue weighted by Gasteiger charge is -2.39.